The molecule has 1 aromatic heterocycles. The molecule has 0 unspecified atom stereocenters. The fourth-order valence-electron chi connectivity index (χ4n) is 5.14. The van der Waals surface area contributed by atoms with Gasteiger partial charge in [0.05, 0.1) is 27.8 Å². The van der Waals surface area contributed by atoms with Gasteiger partial charge < -0.3 is 20.3 Å². The van der Waals surface area contributed by atoms with E-state index >= 15 is 0 Å². The largest absolute Gasteiger partial charge is 0.434 e. The number of benzene rings is 1. The van der Waals surface area contributed by atoms with Gasteiger partial charge in [-0.15, -0.1) is 0 Å². The highest BCUT2D eigenvalue weighted by Crippen LogP contribution is 2.64. The van der Waals surface area contributed by atoms with Gasteiger partial charge in [-0.3, -0.25) is 9.48 Å². The minimum absolute atomic E-state index is 0.0174. The molecule has 0 spiro atoms. The van der Waals surface area contributed by atoms with Crippen LogP contribution in [0, 0.1) is 11.3 Å². The van der Waals surface area contributed by atoms with E-state index in [0.29, 0.717) is 18.8 Å². The van der Waals surface area contributed by atoms with Crippen LogP contribution in [0.15, 0.2) is 18.2 Å². The van der Waals surface area contributed by atoms with Gasteiger partial charge in [0, 0.05) is 18.7 Å². The number of aryl methyl sites for hydroxylation is 1. The number of halogens is 6. The number of amides is 1. The second kappa shape index (κ2) is 10.9. The summed E-state index contributed by atoms with van der Waals surface area (Å²) < 4.78 is 73.2. The smallest absolute Gasteiger partial charge is 0.397 e. The zero-order valence-corrected chi connectivity index (χ0v) is 22.3. The lowest BCUT2D eigenvalue weighted by Gasteiger charge is -2.34. The number of carbonyl (C=O) groups is 1. The molecule has 2 aliphatic carbocycles. The van der Waals surface area contributed by atoms with Crippen LogP contribution in [0.25, 0.3) is 11.3 Å². The Bertz CT molecular complexity index is 1210. The molecule has 0 radical (unpaired) electrons. The van der Waals surface area contributed by atoms with Gasteiger partial charge in [-0.25, -0.2) is 0 Å². The molecule has 4 rings (SSSR count). The molecule has 216 valence electrons. The molecule has 0 bridgehead atoms. The van der Waals surface area contributed by atoms with Crippen LogP contribution >= 0.6 is 11.6 Å². The molecule has 1 atom stereocenters. The molecule has 0 saturated heterocycles. The van der Waals surface area contributed by atoms with Crippen molar-refractivity contribution in [1.29, 1.82) is 0 Å². The topological polar surface area (TPSA) is 96.6 Å². The van der Waals surface area contributed by atoms with Gasteiger partial charge in [-0.2, -0.15) is 27.1 Å². The van der Waals surface area contributed by atoms with E-state index in [1.54, 1.807) is 6.92 Å². The van der Waals surface area contributed by atoms with Crippen LogP contribution in [0.3, 0.4) is 0 Å². The SMILES string of the molecule is CCn1nc(C(=O)NCC2(O)CCC(C)CC2)c(Cl)c1-c1ccc([C@H](O)C2(C(F)(F)F)CC2)cc1OC(F)F. The molecule has 3 N–H and O–H groups in total. The van der Waals surface area contributed by atoms with Crippen LogP contribution in [-0.4, -0.2) is 50.8 Å². The number of hydrogen-bond acceptors (Lipinski definition) is 5. The van der Waals surface area contributed by atoms with Crippen molar-refractivity contribution in [3.63, 3.8) is 0 Å². The number of carbonyl (C=O) groups excluding carboxylic acids is 1. The zero-order chi connectivity index (χ0) is 28.8. The van der Waals surface area contributed by atoms with Gasteiger partial charge in [0.15, 0.2) is 5.69 Å². The van der Waals surface area contributed by atoms with Crippen molar-refractivity contribution in [2.75, 3.05) is 6.54 Å². The van der Waals surface area contributed by atoms with E-state index in [1.807, 2.05) is 0 Å². The van der Waals surface area contributed by atoms with Crippen molar-refractivity contribution in [1.82, 2.24) is 15.1 Å². The first-order valence-corrected chi connectivity index (χ1v) is 13.2. The first kappa shape index (κ1) is 29.5. The first-order valence-electron chi connectivity index (χ1n) is 12.8. The Balaban J connectivity index is 1.65. The summed E-state index contributed by atoms with van der Waals surface area (Å²) in [6.07, 6.45) is -4.53. The van der Waals surface area contributed by atoms with E-state index in [1.165, 1.54) is 16.8 Å². The third-order valence-corrected chi connectivity index (χ3v) is 8.22. The third-order valence-electron chi connectivity index (χ3n) is 7.86. The summed E-state index contributed by atoms with van der Waals surface area (Å²) in [7, 11) is 0. The van der Waals surface area contributed by atoms with E-state index in [4.69, 9.17) is 11.6 Å². The number of hydrogen-bond donors (Lipinski definition) is 3. The van der Waals surface area contributed by atoms with Crippen molar-refractivity contribution in [2.24, 2.45) is 11.3 Å². The second-order valence-corrected chi connectivity index (χ2v) is 11.0. The summed E-state index contributed by atoms with van der Waals surface area (Å²) in [5.74, 6) is -0.711. The number of nitrogens with zero attached hydrogens (tertiary/aromatic N) is 2. The van der Waals surface area contributed by atoms with E-state index in [0.717, 1.165) is 18.9 Å². The van der Waals surface area contributed by atoms with Crippen LogP contribution in [0.4, 0.5) is 22.0 Å². The lowest BCUT2D eigenvalue weighted by atomic mass is 9.79. The van der Waals surface area contributed by atoms with Gasteiger partial charge in [-0.1, -0.05) is 24.6 Å². The third kappa shape index (κ3) is 5.88. The Morgan fingerprint density at radius 3 is 2.44 bits per heavy atom. The van der Waals surface area contributed by atoms with E-state index in [9.17, 15) is 37.0 Å². The second-order valence-electron chi connectivity index (χ2n) is 10.6. The summed E-state index contributed by atoms with van der Waals surface area (Å²) in [6, 6.07) is 3.33. The quantitative estimate of drug-likeness (QED) is 0.323. The number of alkyl halides is 5. The van der Waals surface area contributed by atoms with Crippen LogP contribution in [0.2, 0.25) is 5.02 Å². The van der Waals surface area contributed by atoms with Gasteiger partial charge in [-0.05, 0) is 69.1 Å². The van der Waals surface area contributed by atoms with Crippen molar-refractivity contribution >= 4 is 17.5 Å². The minimum Gasteiger partial charge on any atom is -0.434 e. The molecule has 1 aromatic carbocycles. The number of rotatable bonds is 9. The zero-order valence-electron chi connectivity index (χ0n) is 21.5. The summed E-state index contributed by atoms with van der Waals surface area (Å²) in [4.78, 5) is 13.0. The number of aliphatic hydroxyl groups is 2. The minimum atomic E-state index is -4.68. The highest BCUT2D eigenvalue weighted by Gasteiger charge is 2.67. The van der Waals surface area contributed by atoms with Crippen molar-refractivity contribution in [3.8, 4) is 17.0 Å². The van der Waals surface area contributed by atoms with Crippen molar-refractivity contribution in [2.45, 2.75) is 83.4 Å². The maximum Gasteiger partial charge on any atom is 0.397 e. The molecule has 2 fully saturated rings. The Morgan fingerprint density at radius 1 is 1.26 bits per heavy atom. The Kier molecular flexibility index (Phi) is 8.22. The Labute approximate surface area is 227 Å². The summed E-state index contributed by atoms with van der Waals surface area (Å²) in [5, 5.41) is 28.0. The van der Waals surface area contributed by atoms with Crippen LogP contribution in [-0.2, 0) is 6.54 Å². The molecule has 1 heterocycles. The average Bonchev–Trinajstić information content (AvgIpc) is 3.63. The lowest BCUT2D eigenvalue weighted by Crippen LogP contribution is -2.45. The molecule has 2 aliphatic rings. The molecule has 0 aliphatic heterocycles. The number of nitrogens with one attached hydrogen (secondary N) is 1. The predicted molar refractivity (Wildman–Crippen MR) is 133 cm³/mol. The Hall–Kier alpha value is -2.44. The van der Waals surface area contributed by atoms with Crippen LogP contribution < -0.4 is 10.1 Å². The maximum atomic E-state index is 13.5. The van der Waals surface area contributed by atoms with Gasteiger partial charge in [0.25, 0.3) is 5.91 Å². The fourth-order valence-corrected chi connectivity index (χ4v) is 5.46. The molecule has 7 nitrogen and oxygen atoms in total. The van der Waals surface area contributed by atoms with Gasteiger partial charge in [0.1, 0.15) is 5.75 Å². The molecular weight excluding hydrogens is 549 g/mol. The normalized spacial score (nSPS) is 23.5. The summed E-state index contributed by atoms with van der Waals surface area (Å²) >= 11 is 6.52. The highest BCUT2D eigenvalue weighted by molar-refractivity contribution is 6.36. The van der Waals surface area contributed by atoms with E-state index in [-0.39, 0.29) is 53.5 Å². The Morgan fingerprint density at radius 2 is 1.90 bits per heavy atom. The first-order chi connectivity index (χ1) is 18.2. The number of aromatic nitrogens is 2. The van der Waals surface area contributed by atoms with Crippen LogP contribution in [0.1, 0.15) is 74.5 Å². The fraction of sp³-hybridized carbons (Fsp3) is 0.615. The predicted octanol–water partition coefficient (Wildman–Crippen LogP) is 5.87. The van der Waals surface area contributed by atoms with Gasteiger partial charge in [0.2, 0.25) is 0 Å². The van der Waals surface area contributed by atoms with E-state index in [2.05, 4.69) is 22.1 Å². The van der Waals surface area contributed by atoms with E-state index < -0.39 is 41.6 Å². The monoisotopic (exact) mass is 579 g/mol. The molecule has 2 saturated carbocycles. The maximum absolute atomic E-state index is 13.5. The van der Waals surface area contributed by atoms with Gasteiger partial charge >= 0.3 is 12.8 Å². The van der Waals surface area contributed by atoms with Crippen LogP contribution in [0.5, 0.6) is 5.75 Å². The molecule has 2 aromatic rings. The highest BCUT2D eigenvalue weighted by atomic mass is 35.5. The molecular formula is C26H31ClF5N3O4. The summed E-state index contributed by atoms with van der Waals surface area (Å²) in [5.41, 5.74) is -3.84. The average molecular weight is 580 g/mol. The van der Waals surface area contributed by atoms with Crippen molar-refractivity contribution in [3.05, 3.63) is 34.5 Å². The summed E-state index contributed by atoms with van der Waals surface area (Å²) in [6.45, 7) is 0.589. The molecule has 39 heavy (non-hydrogen) atoms. The molecule has 1 amide bonds. The number of ether oxygens (including phenoxy) is 1. The molecule has 13 heteroatoms. The van der Waals surface area contributed by atoms with Crippen molar-refractivity contribution < 1.29 is 41.7 Å². The standard InChI is InChI=1S/C26H31ClF5N3O4/c1-3-35-20(18(27)19(34-35)22(37)33-13-24(38)8-6-14(2)7-9-24)16-5-4-15(12-17(16)39-23(28)29)21(36)25(10-11-25)26(30,31)32/h4-5,12,14,21,23,36,38H,3,6-11,13H2,1-2H3,(H,33,37)/t14?,21-,24?/m0/s1. The lowest BCUT2D eigenvalue weighted by molar-refractivity contribution is -0.215. The number of aliphatic hydroxyl groups excluding tert-OH is 1.